The van der Waals surface area contributed by atoms with Gasteiger partial charge in [0.15, 0.2) is 0 Å². The molecule has 6 nitrogen and oxygen atoms in total. The zero-order chi connectivity index (χ0) is 18.2. The smallest absolute Gasteiger partial charge is 0.417 e. The van der Waals surface area contributed by atoms with Gasteiger partial charge in [-0.3, -0.25) is 10.1 Å². The van der Waals surface area contributed by atoms with Crippen LogP contribution in [0.2, 0.25) is 0 Å². The van der Waals surface area contributed by atoms with Crippen LogP contribution in [-0.2, 0) is 11.0 Å². The molecule has 1 aliphatic rings. The molecule has 2 N–H and O–H groups in total. The van der Waals surface area contributed by atoms with Gasteiger partial charge in [0.1, 0.15) is 0 Å². The molecule has 1 heterocycles. The summed E-state index contributed by atoms with van der Waals surface area (Å²) < 4.78 is 39.8. The normalized spacial score (nSPS) is 18.5. The fourth-order valence-corrected chi connectivity index (χ4v) is 2.74. The molecular formula is C15H13F3N2O4. The minimum absolute atomic E-state index is 0.00415. The minimum Gasteiger partial charge on any atom is -0.478 e. The number of halogens is 3. The summed E-state index contributed by atoms with van der Waals surface area (Å²) in [7, 11) is 0. The van der Waals surface area contributed by atoms with Crippen molar-refractivity contribution < 1.29 is 28.0 Å². The third-order valence-electron chi connectivity index (χ3n) is 3.64. The van der Waals surface area contributed by atoms with E-state index in [1.54, 1.807) is 0 Å². The van der Waals surface area contributed by atoms with Crippen molar-refractivity contribution in [3.05, 3.63) is 62.5 Å². The predicted octanol–water partition coefficient (Wildman–Crippen LogP) is 3.04. The average molecular weight is 342 g/mol. The SMILES string of the molecule is CC1=C([N+](=O)[O-])C(c2ccccc2C(F)(F)F)=C(C(=O)O)C(C)N1. The number of aliphatic carboxylic acids is 1. The van der Waals surface area contributed by atoms with Gasteiger partial charge < -0.3 is 10.4 Å². The molecule has 2 rings (SSSR count). The Hall–Kier alpha value is -2.84. The highest BCUT2D eigenvalue weighted by molar-refractivity contribution is 6.02. The number of benzene rings is 1. The van der Waals surface area contributed by atoms with Crippen LogP contribution in [-0.4, -0.2) is 22.0 Å². The van der Waals surface area contributed by atoms with Crippen molar-refractivity contribution in [3.8, 4) is 0 Å². The van der Waals surface area contributed by atoms with E-state index in [4.69, 9.17) is 0 Å². The first-order valence-electron chi connectivity index (χ1n) is 6.82. The van der Waals surface area contributed by atoms with E-state index >= 15 is 0 Å². The first kappa shape index (κ1) is 17.5. The zero-order valence-electron chi connectivity index (χ0n) is 12.6. The number of nitro groups is 1. The minimum atomic E-state index is -4.78. The maximum Gasteiger partial charge on any atom is 0.417 e. The number of rotatable bonds is 3. The van der Waals surface area contributed by atoms with E-state index in [0.717, 1.165) is 18.2 Å². The Labute approximate surface area is 134 Å². The molecule has 0 amide bonds. The number of dihydropyridines is 1. The lowest BCUT2D eigenvalue weighted by Crippen LogP contribution is -2.37. The van der Waals surface area contributed by atoms with Gasteiger partial charge >= 0.3 is 12.1 Å². The highest BCUT2D eigenvalue weighted by atomic mass is 19.4. The number of nitrogens with zero attached hydrogens (tertiary/aromatic N) is 1. The van der Waals surface area contributed by atoms with E-state index in [2.05, 4.69) is 5.32 Å². The summed E-state index contributed by atoms with van der Waals surface area (Å²) >= 11 is 0. The lowest BCUT2D eigenvalue weighted by Gasteiger charge is -2.26. The molecule has 1 aromatic carbocycles. The molecule has 0 bridgehead atoms. The maximum atomic E-state index is 13.3. The van der Waals surface area contributed by atoms with E-state index < -0.39 is 51.1 Å². The van der Waals surface area contributed by atoms with Gasteiger partial charge in [0.05, 0.1) is 33.4 Å². The second-order valence-electron chi connectivity index (χ2n) is 5.23. The van der Waals surface area contributed by atoms with Crippen LogP contribution in [0.3, 0.4) is 0 Å². The highest BCUT2D eigenvalue weighted by Crippen LogP contribution is 2.41. The van der Waals surface area contributed by atoms with Crippen LogP contribution in [0.4, 0.5) is 13.2 Å². The third kappa shape index (κ3) is 2.97. The van der Waals surface area contributed by atoms with Gasteiger partial charge in [-0.25, -0.2) is 4.79 Å². The van der Waals surface area contributed by atoms with E-state index in [0.29, 0.717) is 0 Å². The van der Waals surface area contributed by atoms with Gasteiger partial charge in [-0.1, -0.05) is 18.2 Å². The van der Waals surface area contributed by atoms with Gasteiger partial charge in [0, 0.05) is 5.56 Å². The number of alkyl halides is 3. The molecule has 0 fully saturated rings. The Kier molecular flexibility index (Phi) is 4.37. The quantitative estimate of drug-likeness (QED) is 0.651. The van der Waals surface area contributed by atoms with Crippen molar-refractivity contribution >= 4 is 11.5 Å². The Bertz CT molecular complexity index is 781. The molecule has 0 radical (unpaired) electrons. The molecule has 1 aromatic rings. The van der Waals surface area contributed by atoms with Crippen molar-refractivity contribution in [2.45, 2.75) is 26.1 Å². The molecule has 0 saturated carbocycles. The fourth-order valence-electron chi connectivity index (χ4n) is 2.74. The van der Waals surface area contributed by atoms with E-state index in [9.17, 15) is 33.2 Å². The standard InChI is InChI=1S/C15H13F3N2O4/c1-7-11(14(21)22)12(13(20(23)24)8(2)19-7)9-5-3-4-6-10(9)15(16,17)18/h3-7,19H,1-2H3,(H,21,22). The van der Waals surface area contributed by atoms with Gasteiger partial charge in [-0.15, -0.1) is 0 Å². The molecule has 24 heavy (non-hydrogen) atoms. The van der Waals surface area contributed by atoms with Crippen molar-refractivity contribution in [1.82, 2.24) is 5.32 Å². The summed E-state index contributed by atoms with van der Waals surface area (Å²) in [6.45, 7) is 2.74. The van der Waals surface area contributed by atoms with Crippen LogP contribution in [0, 0.1) is 10.1 Å². The maximum absolute atomic E-state index is 13.3. The molecular weight excluding hydrogens is 329 g/mol. The van der Waals surface area contributed by atoms with Crippen LogP contribution in [0.1, 0.15) is 25.0 Å². The summed E-state index contributed by atoms with van der Waals surface area (Å²) in [6, 6.07) is 3.33. The molecule has 0 aliphatic carbocycles. The van der Waals surface area contributed by atoms with E-state index in [1.165, 1.54) is 19.9 Å². The lowest BCUT2D eigenvalue weighted by molar-refractivity contribution is -0.418. The number of hydrogen-bond donors (Lipinski definition) is 2. The second kappa shape index (κ2) is 5.99. The largest absolute Gasteiger partial charge is 0.478 e. The lowest BCUT2D eigenvalue weighted by atomic mass is 9.87. The average Bonchev–Trinajstić information content (AvgIpc) is 2.44. The number of nitrogens with one attached hydrogen (secondary N) is 1. The van der Waals surface area contributed by atoms with Crippen LogP contribution in [0.25, 0.3) is 5.57 Å². The van der Waals surface area contributed by atoms with Crippen LogP contribution in [0.15, 0.2) is 41.2 Å². The third-order valence-corrected chi connectivity index (χ3v) is 3.64. The van der Waals surface area contributed by atoms with Gasteiger partial charge in [-0.2, -0.15) is 13.2 Å². The van der Waals surface area contributed by atoms with Gasteiger partial charge in [-0.05, 0) is 19.9 Å². The number of allylic oxidation sites excluding steroid dienone is 2. The summed E-state index contributed by atoms with van der Waals surface area (Å²) in [5, 5.41) is 23.4. The number of hydrogen-bond acceptors (Lipinski definition) is 4. The molecule has 1 unspecified atom stereocenters. The number of carboxylic acid groups (broad SMARTS) is 1. The van der Waals surface area contributed by atoms with Crippen molar-refractivity contribution in [3.63, 3.8) is 0 Å². The van der Waals surface area contributed by atoms with E-state index in [-0.39, 0.29) is 5.70 Å². The molecule has 1 atom stereocenters. The van der Waals surface area contributed by atoms with Gasteiger partial charge in [0.25, 0.3) is 5.70 Å². The Morgan fingerprint density at radius 1 is 1.33 bits per heavy atom. The highest BCUT2D eigenvalue weighted by Gasteiger charge is 2.41. The van der Waals surface area contributed by atoms with Crippen LogP contribution in [0.5, 0.6) is 0 Å². The summed E-state index contributed by atoms with van der Waals surface area (Å²) in [5.41, 5.74) is -3.33. The number of carbonyl (C=O) groups is 1. The molecule has 9 heteroatoms. The second-order valence-corrected chi connectivity index (χ2v) is 5.23. The Balaban J connectivity index is 2.92. The first-order chi connectivity index (χ1) is 11.1. The Morgan fingerprint density at radius 2 is 1.92 bits per heavy atom. The molecule has 1 aliphatic heterocycles. The van der Waals surface area contributed by atoms with Gasteiger partial charge in [0.2, 0.25) is 0 Å². The Morgan fingerprint density at radius 3 is 2.42 bits per heavy atom. The summed E-state index contributed by atoms with van der Waals surface area (Å²) in [5.74, 6) is -1.52. The van der Waals surface area contributed by atoms with Crippen LogP contribution >= 0.6 is 0 Å². The topological polar surface area (TPSA) is 92.5 Å². The molecule has 0 saturated heterocycles. The van der Waals surface area contributed by atoms with Crippen molar-refractivity contribution in [2.24, 2.45) is 0 Å². The first-order valence-corrected chi connectivity index (χ1v) is 6.82. The predicted molar refractivity (Wildman–Crippen MR) is 78.3 cm³/mol. The summed E-state index contributed by atoms with van der Waals surface area (Å²) in [6.07, 6.45) is -4.78. The molecule has 0 spiro atoms. The molecule has 128 valence electrons. The summed E-state index contributed by atoms with van der Waals surface area (Å²) in [4.78, 5) is 22.1. The van der Waals surface area contributed by atoms with Crippen molar-refractivity contribution in [2.75, 3.05) is 0 Å². The van der Waals surface area contributed by atoms with E-state index in [1.807, 2.05) is 0 Å². The van der Waals surface area contributed by atoms with Crippen molar-refractivity contribution in [1.29, 1.82) is 0 Å². The fraction of sp³-hybridized carbons (Fsp3) is 0.267. The molecule has 0 aromatic heterocycles. The zero-order valence-corrected chi connectivity index (χ0v) is 12.6. The van der Waals surface area contributed by atoms with Crippen LogP contribution < -0.4 is 5.32 Å². The number of carboxylic acids is 1. The monoisotopic (exact) mass is 342 g/mol.